The fourth-order valence-electron chi connectivity index (χ4n) is 3.52. The zero-order chi connectivity index (χ0) is 20.7. The highest BCUT2D eigenvalue weighted by atomic mass is 35.5. The molecule has 2 aromatic heterocycles. The van der Waals surface area contributed by atoms with Crippen LogP contribution in [0.5, 0.6) is 0 Å². The van der Waals surface area contributed by atoms with Crippen molar-refractivity contribution in [2.75, 3.05) is 0 Å². The van der Waals surface area contributed by atoms with E-state index in [4.69, 9.17) is 16.3 Å². The van der Waals surface area contributed by atoms with E-state index in [-0.39, 0.29) is 12.4 Å². The quantitative estimate of drug-likeness (QED) is 0.441. The molecule has 4 aromatic rings. The lowest BCUT2D eigenvalue weighted by Gasteiger charge is -2.09. The summed E-state index contributed by atoms with van der Waals surface area (Å²) in [5.41, 5.74) is 3.55. The molecule has 0 spiro atoms. The first kappa shape index (κ1) is 18.5. The van der Waals surface area contributed by atoms with Crippen LogP contribution in [0.2, 0.25) is 5.02 Å². The standard InChI is InChI=1S/C21H14ClFN6O/c22-14-3-6-18-16(7-14)21-27-26-20(11-30-10-13-1-4-15(23)5-2-13)28(21)9-19-17(8-24)25-12-29(18)19/h1-7,12H,9-11H2. The second-order valence-corrected chi connectivity index (χ2v) is 7.26. The molecule has 0 fully saturated rings. The Kier molecular flexibility index (Phi) is 4.54. The number of benzene rings is 2. The summed E-state index contributed by atoms with van der Waals surface area (Å²) in [5.74, 6) is 0.959. The summed E-state index contributed by atoms with van der Waals surface area (Å²) < 4.78 is 22.6. The third-order valence-corrected chi connectivity index (χ3v) is 5.21. The van der Waals surface area contributed by atoms with Gasteiger partial charge in [0.25, 0.3) is 0 Å². The summed E-state index contributed by atoms with van der Waals surface area (Å²) in [6.45, 7) is 0.884. The lowest BCUT2D eigenvalue weighted by atomic mass is 10.1. The highest BCUT2D eigenvalue weighted by Crippen LogP contribution is 2.34. The Labute approximate surface area is 175 Å². The van der Waals surface area contributed by atoms with Gasteiger partial charge >= 0.3 is 0 Å². The summed E-state index contributed by atoms with van der Waals surface area (Å²) in [5, 5.41) is 18.7. The molecule has 1 aliphatic heterocycles. The molecule has 0 saturated carbocycles. The maximum absolute atomic E-state index is 13.1. The van der Waals surface area contributed by atoms with Gasteiger partial charge in [-0.05, 0) is 35.9 Å². The molecule has 148 valence electrons. The van der Waals surface area contributed by atoms with Gasteiger partial charge in [0.05, 0.1) is 24.5 Å². The number of hydrogen-bond donors (Lipinski definition) is 0. The molecule has 3 heterocycles. The van der Waals surface area contributed by atoms with Crippen molar-refractivity contribution >= 4 is 11.6 Å². The Morgan fingerprint density at radius 1 is 1.13 bits per heavy atom. The number of aromatic nitrogens is 5. The van der Waals surface area contributed by atoms with E-state index in [9.17, 15) is 9.65 Å². The molecule has 2 aromatic carbocycles. The van der Waals surface area contributed by atoms with Crippen LogP contribution in [-0.4, -0.2) is 24.3 Å². The molecule has 7 nitrogen and oxygen atoms in total. The van der Waals surface area contributed by atoms with Crippen molar-refractivity contribution in [1.82, 2.24) is 24.3 Å². The summed E-state index contributed by atoms with van der Waals surface area (Å²) in [4.78, 5) is 4.23. The first-order valence-electron chi connectivity index (χ1n) is 9.15. The van der Waals surface area contributed by atoms with Gasteiger partial charge in [-0.3, -0.25) is 4.57 Å². The number of fused-ring (bicyclic) bond motifs is 5. The van der Waals surface area contributed by atoms with Crippen molar-refractivity contribution in [3.8, 4) is 23.1 Å². The normalized spacial score (nSPS) is 11.9. The van der Waals surface area contributed by atoms with Crippen molar-refractivity contribution in [3.05, 3.63) is 82.4 Å². The number of hydrogen-bond acceptors (Lipinski definition) is 5. The van der Waals surface area contributed by atoms with Crippen molar-refractivity contribution < 1.29 is 9.13 Å². The first-order valence-corrected chi connectivity index (χ1v) is 9.52. The minimum Gasteiger partial charge on any atom is -0.369 e. The fraction of sp³-hybridized carbons (Fsp3) is 0.143. The Bertz CT molecular complexity index is 1290. The highest BCUT2D eigenvalue weighted by molar-refractivity contribution is 6.31. The molecular formula is C21H14ClFN6O. The first-order chi connectivity index (χ1) is 14.6. The van der Waals surface area contributed by atoms with Crippen LogP contribution in [0, 0.1) is 17.1 Å². The predicted octanol–water partition coefficient (Wildman–Crippen LogP) is 3.87. The van der Waals surface area contributed by atoms with Crippen molar-refractivity contribution in [2.45, 2.75) is 19.8 Å². The van der Waals surface area contributed by atoms with E-state index in [1.807, 2.05) is 21.3 Å². The maximum atomic E-state index is 13.1. The lowest BCUT2D eigenvalue weighted by molar-refractivity contribution is 0.0993. The van der Waals surface area contributed by atoms with Crippen LogP contribution < -0.4 is 0 Å². The summed E-state index contributed by atoms with van der Waals surface area (Å²) in [6, 6.07) is 13.8. The molecule has 30 heavy (non-hydrogen) atoms. The number of rotatable bonds is 4. The molecule has 0 atom stereocenters. The number of nitriles is 1. The van der Waals surface area contributed by atoms with Crippen LogP contribution in [0.4, 0.5) is 4.39 Å². The average Bonchev–Trinajstić information content (AvgIpc) is 3.31. The number of halogens is 2. The van der Waals surface area contributed by atoms with Crippen LogP contribution >= 0.6 is 11.6 Å². The largest absolute Gasteiger partial charge is 0.369 e. The van der Waals surface area contributed by atoms with Gasteiger partial charge in [0.2, 0.25) is 0 Å². The maximum Gasteiger partial charge on any atom is 0.166 e. The van der Waals surface area contributed by atoms with Crippen LogP contribution in [-0.2, 0) is 24.5 Å². The van der Waals surface area contributed by atoms with Gasteiger partial charge in [0.1, 0.15) is 24.8 Å². The van der Waals surface area contributed by atoms with E-state index in [1.54, 1.807) is 24.5 Å². The predicted molar refractivity (Wildman–Crippen MR) is 106 cm³/mol. The molecule has 0 radical (unpaired) electrons. The molecule has 0 N–H and O–H groups in total. The summed E-state index contributed by atoms with van der Waals surface area (Å²) in [7, 11) is 0. The monoisotopic (exact) mass is 420 g/mol. The van der Waals surface area contributed by atoms with Gasteiger partial charge in [-0.2, -0.15) is 5.26 Å². The third-order valence-electron chi connectivity index (χ3n) is 4.98. The van der Waals surface area contributed by atoms with Crippen molar-refractivity contribution in [3.63, 3.8) is 0 Å². The van der Waals surface area contributed by atoms with Crippen LogP contribution in [0.25, 0.3) is 17.1 Å². The molecular weight excluding hydrogens is 407 g/mol. The summed E-state index contributed by atoms with van der Waals surface area (Å²) >= 11 is 6.24. The van der Waals surface area contributed by atoms with Gasteiger partial charge < -0.3 is 9.30 Å². The fourth-order valence-corrected chi connectivity index (χ4v) is 3.69. The zero-order valence-electron chi connectivity index (χ0n) is 15.6. The molecule has 9 heteroatoms. The molecule has 0 bridgehead atoms. The van der Waals surface area contributed by atoms with Gasteiger partial charge in [-0.15, -0.1) is 10.2 Å². The van der Waals surface area contributed by atoms with Crippen LogP contribution in [0.1, 0.15) is 22.8 Å². The smallest absolute Gasteiger partial charge is 0.166 e. The van der Waals surface area contributed by atoms with Crippen LogP contribution in [0.3, 0.4) is 0 Å². The Hall–Kier alpha value is -3.54. The van der Waals surface area contributed by atoms with Gasteiger partial charge in [-0.25, -0.2) is 9.37 Å². The van der Waals surface area contributed by atoms with Gasteiger partial charge in [0, 0.05) is 10.6 Å². The van der Waals surface area contributed by atoms with E-state index in [0.29, 0.717) is 35.5 Å². The Balaban J connectivity index is 1.51. The SMILES string of the molecule is N#Cc1ncn2c1Cn1c(COCc3ccc(F)cc3)nnc1-c1cc(Cl)ccc1-2. The topological polar surface area (TPSA) is 81.5 Å². The zero-order valence-corrected chi connectivity index (χ0v) is 16.3. The third kappa shape index (κ3) is 3.14. The van der Waals surface area contributed by atoms with Gasteiger partial charge in [-0.1, -0.05) is 23.7 Å². The van der Waals surface area contributed by atoms with E-state index in [0.717, 1.165) is 22.5 Å². The van der Waals surface area contributed by atoms with Crippen LogP contribution in [0.15, 0.2) is 48.8 Å². The molecule has 5 rings (SSSR count). The number of ether oxygens (including phenoxy) is 1. The molecule has 0 aliphatic carbocycles. The van der Waals surface area contributed by atoms with Crippen molar-refractivity contribution in [1.29, 1.82) is 5.26 Å². The number of imidazole rings is 1. The second kappa shape index (κ2) is 7.37. The van der Waals surface area contributed by atoms with E-state index in [1.165, 1.54) is 12.1 Å². The Morgan fingerprint density at radius 2 is 1.97 bits per heavy atom. The highest BCUT2D eigenvalue weighted by Gasteiger charge is 2.26. The molecule has 0 amide bonds. The lowest BCUT2D eigenvalue weighted by Crippen LogP contribution is -2.09. The minimum absolute atomic E-state index is 0.205. The number of nitrogens with zero attached hydrogens (tertiary/aromatic N) is 6. The molecule has 1 aliphatic rings. The molecule has 0 saturated heterocycles. The van der Waals surface area contributed by atoms with Gasteiger partial charge in [0.15, 0.2) is 17.3 Å². The minimum atomic E-state index is -0.288. The summed E-state index contributed by atoms with van der Waals surface area (Å²) in [6.07, 6.45) is 1.63. The van der Waals surface area contributed by atoms with E-state index in [2.05, 4.69) is 21.3 Å². The van der Waals surface area contributed by atoms with E-state index >= 15 is 0 Å². The molecule has 0 unspecified atom stereocenters. The Morgan fingerprint density at radius 3 is 2.77 bits per heavy atom. The van der Waals surface area contributed by atoms with E-state index < -0.39 is 0 Å². The van der Waals surface area contributed by atoms with Crippen molar-refractivity contribution in [2.24, 2.45) is 0 Å². The second-order valence-electron chi connectivity index (χ2n) is 6.83. The average molecular weight is 421 g/mol.